The average molecular weight is 437 g/mol. The van der Waals surface area contributed by atoms with Crippen LogP contribution in [0.5, 0.6) is 0 Å². The van der Waals surface area contributed by atoms with E-state index in [9.17, 15) is 14.3 Å². The summed E-state index contributed by atoms with van der Waals surface area (Å²) >= 11 is 0. The highest BCUT2D eigenvalue weighted by Gasteiger charge is 2.20. The van der Waals surface area contributed by atoms with E-state index in [-0.39, 0.29) is 30.0 Å². The van der Waals surface area contributed by atoms with E-state index in [1.54, 1.807) is 37.4 Å². The predicted octanol–water partition coefficient (Wildman–Crippen LogP) is 3.42. The molecule has 0 saturated heterocycles. The Balaban J connectivity index is 1.51. The van der Waals surface area contributed by atoms with E-state index in [2.05, 4.69) is 15.4 Å². The Labute approximate surface area is 182 Å². The van der Waals surface area contributed by atoms with Gasteiger partial charge >= 0.3 is 0 Å². The Hall–Kier alpha value is -3.85. The quantitative estimate of drug-likeness (QED) is 0.429. The molecule has 32 heavy (non-hydrogen) atoms. The number of benzene rings is 2. The first-order valence-corrected chi connectivity index (χ1v) is 9.96. The number of hydrogen-bond acceptors (Lipinski definition) is 5. The molecule has 4 N–H and O–H groups in total. The molecule has 1 amide bonds. The summed E-state index contributed by atoms with van der Waals surface area (Å²) in [4.78, 5) is 16.8. The lowest BCUT2D eigenvalue weighted by Gasteiger charge is -2.14. The number of aliphatic hydroxyl groups is 1. The van der Waals surface area contributed by atoms with Crippen LogP contribution < -0.4 is 11.1 Å². The molecule has 2 aromatic heterocycles. The van der Waals surface area contributed by atoms with Gasteiger partial charge in [0.1, 0.15) is 11.6 Å². The summed E-state index contributed by atoms with van der Waals surface area (Å²) in [6, 6.07) is 12.0. The lowest BCUT2D eigenvalue weighted by atomic mass is 9.98. The van der Waals surface area contributed by atoms with E-state index in [0.29, 0.717) is 22.3 Å². The van der Waals surface area contributed by atoms with Gasteiger partial charge in [0.15, 0.2) is 5.65 Å². The number of carbonyl (C=O) groups is 1. The zero-order valence-corrected chi connectivity index (χ0v) is 17.2. The molecule has 9 heteroatoms. The molecule has 4 aromatic rings. The lowest BCUT2D eigenvalue weighted by Crippen LogP contribution is -2.27. The summed E-state index contributed by atoms with van der Waals surface area (Å²) < 4.78 is 29.8. The Bertz CT molecular complexity index is 1290. The second kappa shape index (κ2) is 8.72. The summed E-state index contributed by atoms with van der Waals surface area (Å²) in [5.74, 6) is -1.53. The van der Waals surface area contributed by atoms with E-state index in [1.165, 1.54) is 28.8 Å². The fourth-order valence-electron chi connectivity index (χ4n) is 3.50. The van der Waals surface area contributed by atoms with Gasteiger partial charge in [0.2, 0.25) is 5.95 Å². The number of aromatic nitrogens is 3. The van der Waals surface area contributed by atoms with Crippen molar-refractivity contribution in [3.8, 4) is 11.1 Å². The maximum absolute atomic E-state index is 15.4. The number of rotatable bonds is 6. The molecule has 0 aliphatic carbocycles. The van der Waals surface area contributed by atoms with Gasteiger partial charge in [-0.1, -0.05) is 24.3 Å². The number of anilines is 1. The highest BCUT2D eigenvalue weighted by Crippen LogP contribution is 2.28. The molecule has 0 radical (unpaired) electrons. The van der Waals surface area contributed by atoms with Gasteiger partial charge < -0.3 is 16.2 Å². The molecule has 0 fully saturated rings. The van der Waals surface area contributed by atoms with Crippen LogP contribution in [0.4, 0.5) is 14.7 Å². The zero-order valence-electron chi connectivity index (χ0n) is 17.2. The van der Waals surface area contributed by atoms with Gasteiger partial charge in [-0.2, -0.15) is 4.98 Å². The first kappa shape index (κ1) is 21.4. The van der Waals surface area contributed by atoms with Crippen LogP contribution in [0.1, 0.15) is 34.0 Å². The third-order valence-electron chi connectivity index (χ3n) is 5.20. The molecule has 0 spiro atoms. The summed E-state index contributed by atoms with van der Waals surface area (Å²) in [5.41, 5.74) is 7.78. The minimum absolute atomic E-state index is 0.0698. The van der Waals surface area contributed by atoms with Gasteiger partial charge in [0, 0.05) is 18.3 Å². The Morgan fingerprint density at radius 3 is 2.69 bits per heavy atom. The van der Waals surface area contributed by atoms with E-state index in [1.807, 2.05) is 0 Å². The molecule has 4 rings (SSSR count). The van der Waals surface area contributed by atoms with Gasteiger partial charge in [0.25, 0.3) is 5.91 Å². The zero-order chi connectivity index (χ0) is 22.8. The van der Waals surface area contributed by atoms with E-state index < -0.39 is 23.6 Å². The first-order chi connectivity index (χ1) is 15.3. The second-order valence-electron chi connectivity index (χ2n) is 7.42. The van der Waals surface area contributed by atoms with E-state index in [0.717, 1.165) is 0 Å². The number of nitrogens with two attached hydrogens (primary N) is 1. The number of halogens is 2. The molecule has 1 unspecified atom stereocenters. The number of carbonyl (C=O) groups excluding carboxylic acids is 1. The predicted molar refractivity (Wildman–Crippen MR) is 116 cm³/mol. The molecule has 2 aromatic carbocycles. The summed E-state index contributed by atoms with van der Waals surface area (Å²) in [7, 11) is 0. The fourth-order valence-corrected chi connectivity index (χ4v) is 3.50. The molecule has 7 nitrogen and oxygen atoms in total. The monoisotopic (exact) mass is 437 g/mol. The van der Waals surface area contributed by atoms with Crippen LogP contribution in [-0.2, 0) is 0 Å². The molecule has 164 valence electrons. The molecule has 0 aliphatic rings. The molecule has 0 aliphatic heterocycles. The van der Waals surface area contributed by atoms with Crippen LogP contribution in [0, 0.1) is 18.6 Å². The van der Waals surface area contributed by atoms with Crippen molar-refractivity contribution in [3.05, 3.63) is 83.1 Å². The van der Waals surface area contributed by atoms with Crippen molar-refractivity contribution in [1.82, 2.24) is 19.9 Å². The number of aryl methyl sites for hydroxylation is 1. The minimum Gasteiger partial charge on any atom is -0.388 e. The van der Waals surface area contributed by atoms with Crippen molar-refractivity contribution in [1.29, 1.82) is 0 Å². The number of aliphatic hydroxyl groups excluding tert-OH is 1. The number of nitrogens with zero attached hydrogens (tertiary/aromatic N) is 3. The molecule has 0 saturated carbocycles. The fraction of sp³-hybridized carbons (Fsp3) is 0.174. The van der Waals surface area contributed by atoms with Gasteiger partial charge in [-0.3, -0.25) is 4.79 Å². The first-order valence-electron chi connectivity index (χ1n) is 9.96. The molecule has 1 atom stereocenters. The third-order valence-corrected chi connectivity index (χ3v) is 5.20. The number of amides is 1. The van der Waals surface area contributed by atoms with Crippen LogP contribution in [-0.4, -0.2) is 32.2 Å². The van der Waals surface area contributed by atoms with Crippen molar-refractivity contribution < 1.29 is 18.7 Å². The standard InChI is InChI=1S/C23H21F2N5O2/c1-13-2-7-17(15-9-11-30-19(12-15)28-23(26)29-30)21(25)20(13)22(32)27-10-8-18(31)14-3-5-16(24)6-4-14/h2-7,9,11-12,18,31H,8,10H2,1H3,(H2,26,29)(H,27,32). The normalized spacial score (nSPS) is 12.1. The summed E-state index contributed by atoms with van der Waals surface area (Å²) in [6.45, 7) is 1.77. The highest BCUT2D eigenvalue weighted by atomic mass is 19.1. The van der Waals surface area contributed by atoms with Gasteiger partial charge in [-0.25, -0.2) is 13.3 Å². The number of nitrogens with one attached hydrogen (secondary N) is 1. The largest absolute Gasteiger partial charge is 0.388 e. The summed E-state index contributed by atoms with van der Waals surface area (Å²) in [6.07, 6.45) is 0.933. The van der Waals surface area contributed by atoms with Crippen molar-refractivity contribution in [2.45, 2.75) is 19.4 Å². The Kier molecular flexibility index (Phi) is 5.83. The third kappa shape index (κ3) is 4.28. The van der Waals surface area contributed by atoms with E-state index >= 15 is 4.39 Å². The van der Waals surface area contributed by atoms with Gasteiger partial charge in [0.05, 0.1) is 11.7 Å². The van der Waals surface area contributed by atoms with Crippen molar-refractivity contribution in [2.24, 2.45) is 0 Å². The van der Waals surface area contributed by atoms with Crippen molar-refractivity contribution in [2.75, 3.05) is 12.3 Å². The summed E-state index contributed by atoms with van der Waals surface area (Å²) in [5, 5.41) is 16.9. The SMILES string of the molecule is Cc1ccc(-c2ccn3nc(N)nc3c2)c(F)c1C(=O)NCCC(O)c1ccc(F)cc1. The smallest absolute Gasteiger partial charge is 0.254 e. The van der Waals surface area contributed by atoms with Gasteiger partial charge in [-0.05, 0) is 54.3 Å². The lowest BCUT2D eigenvalue weighted by molar-refractivity contribution is 0.0938. The molecule has 0 bridgehead atoms. The Morgan fingerprint density at radius 1 is 1.19 bits per heavy atom. The number of pyridine rings is 1. The van der Waals surface area contributed by atoms with Crippen molar-refractivity contribution in [3.63, 3.8) is 0 Å². The maximum atomic E-state index is 15.4. The van der Waals surface area contributed by atoms with Crippen LogP contribution in [0.25, 0.3) is 16.8 Å². The minimum atomic E-state index is -0.879. The van der Waals surface area contributed by atoms with Gasteiger partial charge in [-0.15, -0.1) is 5.10 Å². The second-order valence-corrected chi connectivity index (χ2v) is 7.42. The van der Waals surface area contributed by atoms with Crippen LogP contribution >= 0.6 is 0 Å². The van der Waals surface area contributed by atoms with Crippen molar-refractivity contribution >= 4 is 17.5 Å². The number of fused-ring (bicyclic) bond motifs is 1. The molecule has 2 heterocycles. The molecular formula is C23H21F2N5O2. The van der Waals surface area contributed by atoms with Crippen LogP contribution in [0.2, 0.25) is 0 Å². The topological polar surface area (TPSA) is 106 Å². The molecular weight excluding hydrogens is 416 g/mol. The van der Waals surface area contributed by atoms with Crippen LogP contribution in [0.15, 0.2) is 54.7 Å². The average Bonchev–Trinajstić information content (AvgIpc) is 3.13. The van der Waals surface area contributed by atoms with Crippen LogP contribution in [0.3, 0.4) is 0 Å². The number of hydrogen-bond donors (Lipinski definition) is 3. The number of nitrogen functional groups attached to an aromatic ring is 1. The maximum Gasteiger partial charge on any atom is 0.254 e. The van der Waals surface area contributed by atoms with E-state index in [4.69, 9.17) is 5.73 Å². The Morgan fingerprint density at radius 2 is 1.94 bits per heavy atom. The highest BCUT2D eigenvalue weighted by molar-refractivity contribution is 5.97.